The number of hydrogen-bond donors (Lipinski definition) is 0. The molecule has 8 aromatic carbocycles. The van der Waals surface area contributed by atoms with Crippen molar-refractivity contribution in [2.75, 3.05) is 9.80 Å². The fourth-order valence-electron chi connectivity index (χ4n) is 10.1. The third-order valence-corrected chi connectivity index (χ3v) is 14.0. The zero-order valence-corrected chi connectivity index (χ0v) is 44.7. The van der Waals surface area contributed by atoms with E-state index >= 15 is 0 Å². The third kappa shape index (κ3) is 8.50. The molecule has 0 bridgehead atoms. The van der Waals surface area contributed by atoms with Crippen molar-refractivity contribution in [1.82, 2.24) is 14.1 Å². The Morgan fingerprint density at radius 2 is 1.16 bits per heavy atom. The summed E-state index contributed by atoms with van der Waals surface area (Å²) in [5.74, 6) is 1.73. The number of nitrogens with zero attached hydrogens (tertiary/aromatic N) is 5. The summed E-state index contributed by atoms with van der Waals surface area (Å²) in [5.41, 5.74) is 11.7. The average Bonchev–Trinajstić information content (AvgIpc) is 4.08. The molecule has 0 amide bonds. The van der Waals surface area contributed by atoms with Gasteiger partial charge in [-0.15, -0.1) is 48.1 Å². The average molecular weight is 1140 g/mol. The molecule has 4 heterocycles. The third-order valence-electron chi connectivity index (χ3n) is 14.0. The van der Waals surface area contributed by atoms with Crippen LogP contribution in [-0.2, 0) is 37.3 Å². The molecule has 0 aliphatic carbocycles. The largest absolute Gasteiger partial charge is 0.509 e. The minimum atomic E-state index is -0.436. The Labute approximate surface area is 450 Å². The number of rotatable bonds is 7. The first-order chi connectivity index (χ1) is 36.7. The van der Waals surface area contributed by atoms with E-state index in [0.717, 1.165) is 72.4 Å². The summed E-state index contributed by atoms with van der Waals surface area (Å²) in [6.07, 6.45) is 1.88. The van der Waals surface area contributed by atoms with Crippen LogP contribution < -0.4 is 14.5 Å². The monoisotopic (exact) mass is 1140 g/mol. The number of fused-ring (bicyclic) bond motifs is 7. The van der Waals surface area contributed by atoms with Gasteiger partial charge in [0.15, 0.2) is 0 Å². The Morgan fingerprint density at radius 1 is 0.521 bits per heavy atom. The van der Waals surface area contributed by atoms with Crippen molar-refractivity contribution >= 4 is 66.4 Å². The van der Waals surface area contributed by atoms with Crippen LogP contribution in [0, 0.1) is 18.8 Å². The van der Waals surface area contributed by atoms with Gasteiger partial charge in [0, 0.05) is 83.4 Å². The summed E-state index contributed by atoms with van der Waals surface area (Å²) in [6, 6.07) is 55.7. The summed E-state index contributed by atoms with van der Waals surface area (Å²) >= 11 is 0. The molecule has 73 heavy (non-hydrogen) atoms. The van der Waals surface area contributed by atoms with Crippen LogP contribution in [0.15, 0.2) is 182 Å². The first-order valence-corrected chi connectivity index (χ1v) is 24.6. The maximum atomic E-state index is 9.11. The van der Waals surface area contributed by atoms with E-state index < -0.39 is 6.04 Å². The molecule has 366 valence electrons. The van der Waals surface area contributed by atoms with Gasteiger partial charge in [0.1, 0.15) is 5.82 Å². The zero-order chi connectivity index (χ0) is 54.0. The summed E-state index contributed by atoms with van der Waals surface area (Å²) in [4.78, 5) is 9.08. The Morgan fingerprint density at radius 3 is 1.85 bits per heavy atom. The molecule has 11 aromatic rings. The van der Waals surface area contributed by atoms with Gasteiger partial charge in [0.2, 0.25) is 0 Å². The van der Waals surface area contributed by atoms with Crippen molar-refractivity contribution < 1.29 is 32.7 Å². The van der Waals surface area contributed by atoms with Crippen LogP contribution in [0.3, 0.4) is 0 Å². The SMILES string of the molecule is [2H]c1c([2H])c([2H])c(-c2cccc3c2N(c2cc(C(C)(C)C)cc(C(C)(C)C)c2)[CH-]N3c2[c-]c(Oc3[c-]c4c(cc3)c3cc(-n5c6ccccc6c6ccccc65)ccc3n4-c3cc(C(C)(C)C)ccn3)ccc2)c([2H])c1[2H].[Pt]. The number of ether oxygens (including phenoxy) is 1. The maximum Gasteiger partial charge on any atom is 0.135 e. The normalized spacial score (nSPS) is 14.0. The van der Waals surface area contributed by atoms with Gasteiger partial charge < -0.3 is 23.7 Å². The quantitative estimate of drug-likeness (QED) is 0.149. The van der Waals surface area contributed by atoms with Crippen LogP contribution in [0.1, 0.15) is 85.9 Å². The number of benzene rings is 8. The van der Waals surface area contributed by atoms with Gasteiger partial charge in [-0.3, -0.25) is 0 Å². The predicted octanol–water partition coefficient (Wildman–Crippen LogP) is 17.6. The van der Waals surface area contributed by atoms with E-state index in [-0.39, 0.29) is 67.0 Å². The zero-order valence-electron chi connectivity index (χ0n) is 47.5. The molecule has 6 nitrogen and oxygen atoms in total. The second-order valence-electron chi connectivity index (χ2n) is 21.9. The number of aromatic nitrogens is 3. The van der Waals surface area contributed by atoms with Crippen LogP contribution in [0.2, 0.25) is 0 Å². The van der Waals surface area contributed by atoms with Crippen molar-refractivity contribution in [3.63, 3.8) is 0 Å². The van der Waals surface area contributed by atoms with Crippen LogP contribution in [-0.4, -0.2) is 14.1 Å². The fourth-order valence-corrected chi connectivity index (χ4v) is 10.1. The van der Waals surface area contributed by atoms with E-state index in [1.165, 1.54) is 10.8 Å². The van der Waals surface area contributed by atoms with Gasteiger partial charge >= 0.3 is 0 Å². The van der Waals surface area contributed by atoms with Crippen LogP contribution in [0.5, 0.6) is 11.5 Å². The van der Waals surface area contributed by atoms with Crippen molar-refractivity contribution in [2.24, 2.45) is 0 Å². The molecular weight excluding hydrogens is 1070 g/mol. The Balaban J connectivity index is 0.00000645. The topological polar surface area (TPSA) is 38.5 Å². The molecule has 0 N–H and O–H groups in total. The van der Waals surface area contributed by atoms with Gasteiger partial charge in [-0.1, -0.05) is 153 Å². The summed E-state index contributed by atoms with van der Waals surface area (Å²) < 4.78 is 55.3. The molecule has 0 fully saturated rings. The van der Waals surface area contributed by atoms with Crippen LogP contribution in [0.4, 0.5) is 22.7 Å². The molecule has 0 saturated carbocycles. The van der Waals surface area contributed by atoms with Gasteiger partial charge in [-0.25, -0.2) is 4.98 Å². The van der Waals surface area contributed by atoms with E-state index in [9.17, 15) is 0 Å². The summed E-state index contributed by atoms with van der Waals surface area (Å²) in [7, 11) is 0. The molecule has 1 aliphatic rings. The van der Waals surface area contributed by atoms with Crippen LogP contribution in [0.25, 0.3) is 66.2 Å². The second-order valence-corrected chi connectivity index (χ2v) is 21.9. The van der Waals surface area contributed by atoms with Crippen molar-refractivity contribution in [3.8, 4) is 34.1 Å². The van der Waals surface area contributed by atoms with Gasteiger partial charge in [0.25, 0.3) is 0 Å². The van der Waals surface area contributed by atoms with Crippen molar-refractivity contribution in [2.45, 2.75) is 78.6 Å². The summed E-state index contributed by atoms with van der Waals surface area (Å²) in [5, 5.41) is 4.46. The molecule has 0 radical (unpaired) electrons. The first kappa shape index (κ1) is 42.1. The van der Waals surface area contributed by atoms with Crippen molar-refractivity contribution in [1.29, 1.82) is 0 Å². The van der Waals surface area contributed by atoms with E-state index in [1.807, 2.05) is 60.2 Å². The molecule has 1 aliphatic heterocycles. The van der Waals surface area contributed by atoms with Crippen molar-refractivity contribution in [3.05, 3.63) is 217 Å². The summed E-state index contributed by atoms with van der Waals surface area (Å²) in [6.45, 7) is 21.8. The van der Waals surface area contributed by atoms with E-state index in [4.69, 9.17) is 16.6 Å². The standard InChI is InChI=1S/C66H58N5O.Pt/c1-64(2,3)44-33-34-67-62(38-44)71-59-32-29-48(70-57-26-15-13-23-53(57)54-24-14-16-27-58(54)70)40-56(59)55-31-30-51(41-61(55)71)72-50-22-17-21-47(39-50)68-42-69(49-36-45(65(4,5)6)35-46(37-49)66(7,8)9)63-52(25-18-28-60(63)68)43-19-11-10-12-20-43;/h10-38,40,42H,1-9H3;/q-3;/i10D,11D,12D,19D,20D;. The molecule has 7 heteroatoms. The molecule has 0 atom stereocenters. The number of pyridine rings is 1. The van der Waals surface area contributed by atoms with Gasteiger partial charge in [-0.2, -0.15) is 12.1 Å². The Kier molecular flexibility index (Phi) is 10.4. The number of hydrogen-bond acceptors (Lipinski definition) is 4. The molecule has 0 spiro atoms. The van der Waals surface area contributed by atoms with E-state index in [0.29, 0.717) is 28.4 Å². The predicted molar refractivity (Wildman–Crippen MR) is 300 cm³/mol. The van der Waals surface area contributed by atoms with E-state index in [1.54, 1.807) is 0 Å². The maximum absolute atomic E-state index is 9.11. The second kappa shape index (κ2) is 18.0. The van der Waals surface area contributed by atoms with Crippen LogP contribution >= 0.6 is 0 Å². The van der Waals surface area contributed by atoms with E-state index in [2.05, 4.69) is 192 Å². The number of anilines is 4. The molecule has 0 saturated heterocycles. The Bertz CT molecular complexity index is 4100. The first-order valence-electron chi connectivity index (χ1n) is 27.1. The molecular formula is C66H58N5OPt-3. The molecule has 0 unspecified atom stereocenters. The van der Waals surface area contributed by atoms with Gasteiger partial charge in [-0.05, 0) is 105 Å². The van der Waals surface area contributed by atoms with Gasteiger partial charge in [0.05, 0.1) is 17.9 Å². The smallest absolute Gasteiger partial charge is 0.135 e. The molecule has 12 rings (SSSR count). The molecule has 3 aromatic heterocycles. The minimum Gasteiger partial charge on any atom is -0.509 e. The number of para-hydroxylation sites is 3. The fraction of sp³-hybridized carbons (Fsp3) is 0.182. The Hall–Kier alpha value is -7.40. The minimum absolute atomic E-state index is 0.